The van der Waals surface area contributed by atoms with Gasteiger partial charge in [0.2, 0.25) is 5.95 Å². The molecule has 0 aliphatic carbocycles. The SMILES string of the molecule is COc1cc(-c2nc3nc(SC)nc(N)n3n2)cc(OC)c1Br. The monoisotopic (exact) mass is 396 g/mol. The summed E-state index contributed by atoms with van der Waals surface area (Å²) < 4.78 is 12.8. The van der Waals surface area contributed by atoms with Crippen LogP contribution in [-0.4, -0.2) is 45.0 Å². The summed E-state index contributed by atoms with van der Waals surface area (Å²) in [6.45, 7) is 0. The van der Waals surface area contributed by atoms with Crippen molar-refractivity contribution in [3.8, 4) is 22.9 Å². The third kappa shape index (κ3) is 2.79. The first-order valence-electron chi connectivity index (χ1n) is 6.43. The second kappa shape index (κ2) is 6.20. The Bertz CT molecular complexity index is 859. The van der Waals surface area contributed by atoms with Crippen molar-refractivity contribution in [2.45, 2.75) is 5.16 Å². The van der Waals surface area contributed by atoms with Gasteiger partial charge < -0.3 is 15.2 Å². The molecule has 1 aromatic carbocycles. The predicted octanol–water partition coefficient (Wildman–Crippen LogP) is 2.27. The molecule has 0 saturated carbocycles. The van der Waals surface area contributed by atoms with E-state index in [4.69, 9.17) is 15.2 Å². The number of nitrogens with zero attached hydrogens (tertiary/aromatic N) is 5. The molecule has 0 aliphatic heterocycles. The van der Waals surface area contributed by atoms with Crippen LogP contribution in [0.3, 0.4) is 0 Å². The van der Waals surface area contributed by atoms with Gasteiger partial charge >= 0.3 is 0 Å². The summed E-state index contributed by atoms with van der Waals surface area (Å²) in [4.78, 5) is 12.8. The van der Waals surface area contributed by atoms with E-state index in [0.717, 1.165) is 10.0 Å². The predicted molar refractivity (Wildman–Crippen MR) is 91.0 cm³/mol. The Morgan fingerprint density at radius 2 is 1.78 bits per heavy atom. The molecule has 0 unspecified atom stereocenters. The molecule has 3 aromatic rings. The van der Waals surface area contributed by atoms with Gasteiger partial charge in [0.15, 0.2) is 11.0 Å². The topological polar surface area (TPSA) is 100 Å². The molecule has 2 aromatic heterocycles. The first-order chi connectivity index (χ1) is 11.1. The van der Waals surface area contributed by atoms with E-state index in [1.54, 1.807) is 26.4 Å². The highest BCUT2D eigenvalue weighted by atomic mass is 79.9. The highest BCUT2D eigenvalue weighted by Crippen LogP contribution is 2.38. The van der Waals surface area contributed by atoms with E-state index >= 15 is 0 Å². The summed E-state index contributed by atoms with van der Waals surface area (Å²) in [7, 11) is 3.16. The van der Waals surface area contributed by atoms with Crippen LogP contribution in [0.1, 0.15) is 0 Å². The van der Waals surface area contributed by atoms with Crippen LogP contribution in [0.4, 0.5) is 5.95 Å². The zero-order chi connectivity index (χ0) is 16.6. The molecule has 0 bridgehead atoms. The number of thioether (sulfide) groups is 1. The molecule has 0 fully saturated rings. The number of halogens is 1. The lowest BCUT2D eigenvalue weighted by atomic mass is 10.2. The fourth-order valence-corrected chi connectivity index (χ4v) is 2.91. The highest BCUT2D eigenvalue weighted by molar-refractivity contribution is 9.10. The van der Waals surface area contributed by atoms with E-state index < -0.39 is 0 Å². The van der Waals surface area contributed by atoms with Crippen molar-refractivity contribution >= 4 is 39.4 Å². The maximum absolute atomic E-state index is 5.90. The molecule has 8 nitrogen and oxygen atoms in total. The van der Waals surface area contributed by atoms with E-state index in [9.17, 15) is 0 Å². The summed E-state index contributed by atoms with van der Waals surface area (Å²) in [5.41, 5.74) is 6.62. The van der Waals surface area contributed by atoms with Gasteiger partial charge in [-0.1, -0.05) is 11.8 Å². The summed E-state index contributed by atoms with van der Waals surface area (Å²) in [5, 5.41) is 4.90. The minimum atomic E-state index is 0.231. The van der Waals surface area contributed by atoms with Crippen molar-refractivity contribution in [1.29, 1.82) is 0 Å². The number of hydrogen-bond donors (Lipinski definition) is 1. The van der Waals surface area contributed by atoms with Crippen molar-refractivity contribution < 1.29 is 9.47 Å². The zero-order valence-electron chi connectivity index (χ0n) is 12.6. The third-order valence-electron chi connectivity index (χ3n) is 3.10. The Morgan fingerprint density at radius 1 is 1.13 bits per heavy atom. The van der Waals surface area contributed by atoms with Crippen molar-refractivity contribution in [3.05, 3.63) is 16.6 Å². The van der Waals surface area contributed by atoms with Gasteiger partial charge in [-0.3, -0.25) is 0 Å². The van der Waals surface area contributed by atoms with Crippen molar-refractivity contribution in [2.24, 2.45) is 0 Å². The molecule has 0 atom stereocenters. The number of hydrogen-bond acceptors (Lipinski definition) is 8. The second-order valence-electron chi connectivity index (χ2n) is 4.41. The van der Waals surface area contributed by atoms with Gasteiger partial charge in [0, 0.05) is 5.56 Å². The van der Waals surface area contributed by atoms with Crippen molar-refractivity contribution in [3.63, 3.8) is 0 Å². The maximum atomic E-state index is 5.90. The minimum Gasteiger partial charge on any atom is -0.495 e. The van der Waals surface area contributed by atoms with Crippen molar-refractivity contribution in [1.82, 2.24) is 24.6 Å². The average Bonchev–Trinajstić information content (AvgIpc) is 2.99. The summed E-state index contributed by atoms with van der Waals surface area (Å²) in [6.07, 6.45) is 1.87. The molecule has 0 radical (unpaired) electrons. The van der Waals surface area contributed by atoms with E-state index in [1.165, 1.54) is 16.3 Å². The van der Waals surface area contributed by atoms with Crippen LogP contribution in [0.25, 0.3) is 17.2 Å². The van der Waals surface area contributed by atoms with Crippen LogP contribution in [0.15, 0.2) is 21.8 Å². The largest absolute Gasteiger partial charge is 0.495 e. The van der Waals surface area contributed by atoms with Crippen LogP contribution < -0.4 is 15.2 Å². The molecule has 0 spiro atoms. The zero-order valence-corrected chi connectivity index (χ0v) is 15.0. The average molecular weight is 397 g/mol. The second-order valence-corrected chi connectivity index (χ2v) is 5.98. The molecule has 0 aliphatic rings. The third-order valence-corrected chi connectivity index (χ3v) is 4.43. The number of anilines is 1. The number of methoxy groups -OCH3 is 2. The Labute approximate surface area is 144 Å². The lowest BCUT2D eigenvalue weighted by Gasteiger charge is -2.09. The number of fused-ring (bicyclic) bond motifs is 1. The van der Waals surface area contributed by atoms with Gasteiger partial charge in [-0.05, 0) is 34.3 Å². The minimum absolute atomic E-state index is 0.231. The first-order valence-corrected chi connectivity index (χ1v) is 8.45. The molecule has 120 valence electrons. The molecule has 2 N–H and O–H groups in total. The molecule has 0 amide bonds. The molecule has 2 heterocycles. The van der Waals surface area contributed by atoms with Crippen LogP contribution in [0.5, 0.6) is 11.5 Å². The summed E-state index contributed by atoms with van der Waals surface area (Å²) in [5.74, 6) is 2.30. The van der Waals surface area contributed by atoms with Crippen LogP contribution in [-0.2, 0) is 0 Å². The Hall–Kier alpha value is -2.07. The Kier molecular flexibility index (Phi) is 4.26. The lowest BCUT2D eigenvalue weighted by molar-refractivity contribution is 0.390. The van der Waals surface area contributed by atoms with Gasteiger partial charge in [0.25, 0.3) is 5.78 Å². The molecule has 10 heteroatoms. The standard InChI is InChI=1S/C13H13BrN6O2S/c1-21-7-4-6(5-8(22-2)9(7)14)10-16-12-18-13(23-3)17-11(15)20(12)19-10/h4-5H,1-3H3,(H2,15,16,17,18,19). The van der Waals surface area contributed by atoms with Gasteiger partial charge in [-0.25, -0.2) is 0 Å². The Morgan fingerprint density at radius 3 is 2.35 bits per heavy atom. The van der Waals surface area contributed by atoms with Crippen molar-refractivity contribution in [2.75, 3.05) is 26.2 Å². The smallest absolute Gasteiger partial charge is 0.258 e. The van der Waals surface area contributed by atoms with Gasteiger partial charge in [0.05, 0.1) is 14.2 Å². The van der Waals surface area contributed by atoms with Crippen LogP contribution in [0.2, 0.25) is 0 Å². The molecular weight excluding hydrogens is 384 g/mol. The van der Waals surface area contributed by atoms with E-state index in [-0.39, 0.29) is 5.95 Å². The van der Waals surface area contributed by atoms with Gasteiger partial charge in [0.1, 0.15) is 16.0 Å². The van der Waals surface area contributed by atoms with E-state index in [2.05, 4.69) is 36.0 Å². The number of rotatable bonds is 4. The molecular formula is C13H13BrN6O2S. The van der Waals surface area contributed by atoms with Crippen LogP contribution in [0, 0.1) is 0 Å². The normalized spacial score (nSPS) is 11.0. The number of benzene rings is 1. The fourth-order valence-electron chi connectivity index (χ4n) is 2.00. The maximum Gasteiger partial charge on any atom is 0.258 e. The number of aromatic nitrogens is 5. The van der Waals surface area contributed by atoms with Gasteiger partial charge in [-0.15, -0.1) is 5.10 Å². The first kappa shape index (κ1) is 15.8. The molecule has 23 heavy (non-hydrogen) atoms. The van der Waals surface area contributed by atoms with Gasteiger partial charge in [-0.2, -0.15) is 19.5 Å². The quantitative estimate of drug-likeness (QED) is 0.670. The Balaban J connectivity index is 2.18. The molecule has 0 saturated heterocycles. The lowest BCUT2D eigenvalue weighted by Crippen LogP contribution is -2.04. The van der Waals surface area contributed by atoms with E-state index in [0.29, 0.717) is 28.3 Å². The number of nitrogen functional groups attached to an aromatic ring is 1. The van der Waals surface area contributed by atoms with Crippen LogP contribution >= 0.6 is 27.7 Å². The fraction of sp³-hybridized carbons (Fsp3) is 0.231. The number of nitrogens with two attached hydrogens (primary N) is 1. The summed E-state index contributed by atoms with van der Waals surface area (Å²) in [6, 6.07) is 3.61. The summed E-state index contributed by atoms with van der Waals surface area (Å²) >= 11 is 4.82. The molecule has 3 rings (SSSR count). The van der Waals surface area contributed by atoms with E-state index in [1.807, 2.05) is 6.26 Å². The number of ether oxygens (including phenoxy) is 2. The highest BCUT2D eigenvalue weighted by Gasteiger charge is 2.16.